The van der Waals surface area contributed by atoms with E-state index in [9.17, 15) is 4.79 Å². The summed E-state index contributed by atoms with van der Waals surface area (Å²) < 4.78 is 0.718. The second-order valence-electron chi connectivity index (χ2n) is 4.09. The van der Waals surface area contributed by atoms with Gasteiger partial charge in [-0.15, -0.1) is 10.2 Å². The molecule has 1 rings (SSSR count). The SMILES string of the molecule is CCC(C)CN(CC)c1nnc(SCC(=O)O)s1. The highest BCUT2D eigenvalue weighted by molar-refractivity contribution is 8.01. The Labute approximate surface area is 116 Å². The van der Waals surface area contributed by atoms with E-state index in [1.165, 1.54) is 23.1 Å². The second kappa shape index (κ2) is 7.58. The molecule has 1 N–H and O–H groups in total. The fraction of sp³-hybridized carbons (Fsp3) is 0.727. The molecular weight excluding hydrogens is 270 g/mol. The average molecular weight is 289 g/mol. The smallest absolute Gasteiger partial charge is 0.313 e. The predicted molar refractivity (Wildman–Crippen MR) is 75.6 cm³/mol. The highest BCUT2D eigenvalue weighted by atomic mass is 32.2. The quantitative estimate of drug-likeness (QED) is 0.742. The minimum absolute atomic E-state index is 0.0339. The van der Waals surface area contributed by atoms with Gasteiger partial charge in [-0.25, -0.2) is 0 Å². The van der Waals surface area contributed by atoms with Crippen molar-refractivity contribution < 1.29 is 9.90 Å². The zero-order chi connectivity index (χ0) is 13.5. The van der Waals surface area contributed by atoms with Crippen molar-refractivity contribution in [2.45, 2.75) is 31.5 Å². The molecule has 0 amide bonds. The summed E-state index contributed by atoms with van der Waals surface area (Å²) in [5, 5.41) is 17.6. The van der Waals surface area contributed by atoms with Gasteiger partial charge < -0.3 is 10.0 Å². The summed E-state index contributed by atoms with van der Waals surface area (Å²) in [4.78, 5) is 12.7. The molecule has 0 fully saturated rings. The van der Waals surface area contributed by atoms with E-state index in [4.69, 9.17) is 5.11 Å². The van der Waals surface area contributed by atoms with Gasteiger partial charge in [-0.3, -0.25) is 4.79 Å². The Bertz CT molecular complexity index is 384. The third-order valence-corrected chi connectivity index (χ3v) is 4.70. The standard InChI is InChI=1S/C11H19N3O2S2/c1-4-8(3)6-14(5-2)10-12-13-11(18-10)17-7-9(15)16/h8H,4-7H2,1-3H3,(H,15,16). The van der Waals surface area contributed by atoms with Crippen molar-refractivity contribution in [3.8, 4) is 0 Å². The van der Waals surface area contributed by atoms with Crippen molar-refractivity contribution >= 4 is 34.2 Å². The maximum absolute atomic E-state index is 10.5. The minimum atomic E-state index is -0.830. The number of aromatic nitrogens is 2. The van der Waals surface area contributed by atoms with E-state index in [0.29, 0.717) is 5.92 Å². The zero-order valence-corrected chi connectivity index (χ0v) is 12.6. The van der Waals surface area contributed by atoms with E-state index in [0.717, 1.165) is 29.0 Å². The maximum atomic E-state index is 10.5. The van der Waals surface area contributed by atoms with Crippen molar-refractivity contribution in [1.82, 2.24) is 10.2 Å². The lowest BCUT2D eigenvalue weighted by Crippen LogP contribution is -2.27. The molecule has 18 heavy (non-hydrogen) atoms. The van der Waals surface area contributed by atoms with Gasteiger partial charge in [-0.1, -0.05) is 43.4 Å². The number of thioether (sulfide) groups is 1. The summed E-state index contributed by atoms with van der Waals surface area (Å²) in [5.74, 6) is -0.181. The second-order valence-corrected chi connectivity index (χ2v) is 6.26. The molecule has 0 aliphatic carbocycles. The molecule has 0 aromatic carbocycles. The normalized spacial score (nSPS) is 12.4. The summed E-state index contributed by atoms with van der Waals surface area (Å²) in [6.07, 6.45) is 1.13. The summed E-state index contributed by atoms with van der Waals surface area (Å²) in [6, 6.07) is 0. The largest absolute Gasteiger partial charge is 0.481 e. The van der Waals surface area contributed by atoms with Gasteiger partial charge in [0.25, 0.3) is 0 Å². The Morgan fingerprint density at radius 3 is 2.78 bits per heavy atom. The molecule has 5 nitrogen and oxygen atoms in total. The molecule has 0 saturated carbocycles. The number of hydrogen-bond donors (Lipinski definition) is 1. The number of hydrogen-bond acceptors (Lipinski definition) is 6. The number of carboxylic acids is 1. The lowest BCUT2D eigenvalue weighted by atomic mass is 10.1. The number of nitrogens with zero attached hydrogens (tertiary/aromatic N) is 3. The van der Waals surface area contributed by atoms with Crippen molar-refractivity contribution in [2.24, 2.45) is 5.92 Å². The van der Waals surface area contributed by atoms with Gasteiger partial charge in [0.1, 0.15) is 0 Å². The monoisotopic (exact) mass is 289 g/mol. The van der Waals surface area contributed by atoms with E-state index < -0.39 is 5.97 Å². The lowest BCUT2D eigenvalue weighted by Gasteiger charge is -2.22. The molecule has 1 aromatic rings. The van der Waals surface area contributed by atoms with Crippen LogP contribution in [-0.2, 0) is 4.79 Å². The molecule has 0 aliphatic heterocycles. The molecule has 0 aliphatic rings. The zero-order valence-electron chi connectivity index (χ0n) is 10.9. The summed E-state index contributed by atoms with van der Waals surface area (Å²) in [7, 11) is 0. The Kier molecular flexibility index (Phi) is 6.42. The van der Waals surface area contributed by atoms with Crippen LogP contribution in [0, 0.1) is 5.92 Å². The number of carboxylic acid groups (broad SMARTS) is 1. The summed E-state index contributed by atoms with van der Waals surface area (Å²) in [5.41, 5.74) is 0. The highest BCUT2D eigenvalue weighted by Gasteiger charge is 2.14. The van der Waals surface area contributed by atoms with Crippen LogP contribution in [0.4, 0.5) is 5.13 Å². The van der Waals surface area contributed by atoms with Gasteiger partial charge in [0, 0.05) is 13.1 Å². The van der Waals surface area contributed by atoms with Crippen LogP contribution in [0.5, 0.6) is 0 Å². The molecule has 1 heterocycles. The van der Waals surface area contributed by atoms with Gasteiger partial charge in [0.05, 0.1) is 5.75 Å². The van der Waals surface area contributed by atoms with E-state index in [-0.39, 0.29) is 5.75 Å². The summed E-state index contributed by atoms with van der Waals surface area (Å²) >= 11 is 2.68. The fourth-order valence-corrected chi connectivity index (χ4v) is 2.99. The Balaban J connectivity index is 2.61. The highest BCUT2D eigenvalue weighted by Crippen LogP contribution is 2.28. The molecule has 1 atom stereocenters. The molecular formula is C11H19N3O2S2. The van der Waals surface area contributed by atoms with Gasteiger partial charge >= 0.3 is 5.97 Å². The van der Waals surface area contributed by atoms with Crippen LogP contribution in [0.1, 0.15) is 27.2 Å². The fourth-order valence-electron chi connectivity index (χ4n) is 1.36. The minimum Gasteiger partial charge on any atom is -0.481 e. The van der Waals surface area contributed by atoms with Crippen LogP contribution in [0.2, 0.25) is 0 Å². The molecule has 0 spiro atoms. The first-order chi connectivity index (χ1) is 8.56. The lowest BCUT2D eigenvalue weighted by molar-refractivity contribution is -0.133. The molecule has 1 aromatic heterocycles. The number of anilines is 1. The number of carbonyl (C=O) groups is 1. The molecule has 102 valence electrons. The van der Waals surface area contributed by atoms with Crippen LogP contribution < -0.4 is 4.90 Å². The Morgan fingerprint density at radius 1 is 1.50 bits per heavy atom. The average Bonchev–Trinajstić information content (AvgIpc) is 2.81. The van der Waals surface area contributed by atoms with Gasteiger partial charge in [-0.2, -0.15) is 0 Å². The third kappa shape index (κ3) is 4.81. The molecule has 7 heteroatoms. The van der Waals surface area contributed by atoms with E-state index in [2.05, 4.69) is 35.9 Å². The molecule has 0 saturated heterocycles. The van der Waals surface area contributed by atoms with Crippen molar-refractivity contribution in [2.75, 3.05) is 23.7 Å². The Hall–Kier alpha value is -0.820. The van der Waals surface area contributed by atoms with Crippen LogP contribution in [-0.4, -0.2) is 40.1 Å². The van der Waals surface area contributed by atoms with Crippen LogP contribution in [0.3, 0.4) is 0 Å². The molecule has 0 radical (unpaired) electrons. The first-order valence-corrected chi connectivity index (χ1v) is 7.80. The van der Waals surface area contributed by atoms with Gasteiger partial charge in [0.2, 0.25) is 5.13 Å². The number of rotatable bonds is 8. The van der Waals surface area contributed by atoms with Crippen molar-refractivity contribution in [1.29, 1.82) is 0 Å². The van der Waals surface area contributed by atoms with E-state index in [1.54, 1.807) is 0 Å². The van der Waals surface area contributed by atoms with Gasteiger partial charge in [0.15, 0.2) is 4.34 Å². The summed E-state index contributed by atoms with van der Waals surface area (Å²) in [6.45, 7) is 8.33. The first kappa shape index (κ1) is 15.2. The van der Waals surface area contributed by atoms with Crippen LogP contribution in [0.25, 0.3) is 0 Å². The van der Waals surface area contributed by atoms with E-state index >= 15 is 0 Å². The van der Waals surface area contributed by atoms with Crippen molar-refractivity contribution in [3.63, 3.8) is 0 Å². The number of aliphatic carboxylic acids is 1. The van der Waals surface area contributed by atoms with Crippen LogP contribution in [0.15, 0.2) is 4.34 Å². The predicted octanol–water partition coefficient (Wildman–Crippen LogP) is 2.59. The van der Waals surface area contributed by atoms with Crippen molar-refractivity contribution in [3.05, 3.63) is 0 Å². The van der Waals surface area contributed by atoms with Gasteiger partial charge in [-0.05, 0) is 12.8 Å². The topological polar surface area (TPSA) is 66.3 Å². The van der Waals surface area contributed by atoms with E-state index in [1.807, 2.05) is 0 Å². The van der Waals surface area contributed by atoms with Crippen LogP contribution >= 0.6 is 23.1 Å². The molecule has 1 unspecified atom stereocenters. The molecule has 0 bridgehead atoms. The third-order valence-electron chi connectivity index (χ3n) is 2.60. The Morgan fingerprint density at radius 2 is 2.22 bits per heavy atom. The maximum Gasteiger partial charge on any atom is 0.313 e. The first-order valence-electron chi connectivity index (χ1n) is 5.99.